The minimum Gasteiger partial charge on any atom is -0.507 e. The van der Waals surface area contributed by atoms with Gasteiger partial charge in [-0.15, -0.1) is 0 Å². The van der Waals surface area contributed by atoms with E-state index in [0.717, 1.165) is 43.6 Å². The van der Waals surface area contributed by atoms with Gasteiger partial charge in [-0.3, -0.25) is 24.7 Å². The van der Waals surface area contributed by atoms with E-state index < -0.39 is 41.8 Å². The molecule has 11 heteroatoms. The molecule has 1 aliphatic carbocycles. The maximum absolute atomic E-state index is 13.9. The third-order valence-corrected chi connectivity index (χ3v) is 9.69. The zero-order valence-corrected chi connectivity index (χ0v) is 25.7. The van der Waals surface area contributed by atoms with Crippen molar-refractivity contribution in [2.24, 2.45) is 17.8 Å². The fraction of sp³-hybridized carbons (Fsp3) is 0.250. The number of pyridine rings is 1. The molecular weight excluding hydrogens is 597 g/mol. The molecule has 0 saturated carbocycles. The number of aromatic hydroxyl groups is 1. The summed E-state index contributed by atoms with van der Waals surface area (Å²) in [5.74, 6) is -2.31. The molecule has 0 radical (unpaired) electrons. The molecule has 2 N–H and O–H groups in total. The van der Waals surface area contributed by atoms with Crippen LogP contribution in [-0.4, -0.2) is 45.1 Å². The Morgan fingerprint density at radius 2 is 1.83 bits per heavy atom. The summed E-state index contributed by atoms with van der Waals surface area (Å²) >= 11 is 0. The molecule has 2 saturated heterocycles. The van der Waals surface area contributed by atoms with Gasteiger partial charge in [0.15, 0.2) is 0 Å². The van der Waals surface area contributed by atoms with E-state index in [1.807, 2.05) is 55.5 Å². The Morgan fingerprint density at radius 1 is 1.04 bits per heavy atom. The number of carbonyl (C=O) groups is 2. The molecule has 236 valence electrons. The van der Waals surface area contributed by atoms with Crippen LogP contribution in [0.2, 0.25) is 6.32 Å². The van der Waals surface area contributed by atoms with Crippen LogP contribution in [0.15, 0.2) is 96.2 Å². The molecule has 2 aliphatic heterocycles. The average molecular weight is 629 g/mol. The van der Waals surface area contributed by atoms with Crippen LogP contribution < -0.4 is 4.90 Å². The number of amides is 2. The van der Waals surface area contributed by atoms with Gasteiger partial charge in [0.25, 0.3) is 5.69 Å². The van der Waals surface area contributed by atoms with Crippen molar-refractivity contribution in [1.29, 1.82) is 0 Å². The second kappa shape index (κ2) is 12.2. The second-order valence-electron chi connectivity index (χ2n) is 12.4. The summed E-state index contributed by atoms with van der Waals surface area (Å²) in [5.41, 5.74) is 4.53. The van der Waals surface area contributed by atoms with Crippen LogP contribution in [-0.2, 0) is 14.2 Å². The third-order valence-electron chi connectivity index (χ3n) is 9.69. The number of rotatable bonds is 7. The summed E-state index contributed by atoms with van der Waals surface area (Å²) in [5, 5.41) is 34.4. The molecule has 0 bridgehead atoms. The first-order valence-electron chi connectivity index (χ1n) is 15.7. The Labute approximate surface area is 271 Å². The van der Waals surface area contributed by atoms with Crippen LogP contribution in [0.5, 0.6) is 5.75 Å². The monoisotopic (exact) mass is 629 g/mol. The number of anilines is 1. The molecule has 47 heavy (non-hydrogen) atoms. The number of imide groups is 1. The molecule has 0 unspecified atom stereocenters. The van der Waals surface area contributed by atoms with E-state index in [9.17, 15) is 29.8 Å². The van der Waals surface area contributed by atoms with Gasteiger partial charge in [-0.25, -0.2) is 4.90 Å². The van der Waals surface area contributed by atoms with E-state index >= 15 is 0 Å². The van der Waals surface area contributed by atoms with Crippen molar-refractivity contribution < 1.29 is 29.3 Å². The molecule has 10 nitrogen and oxygen atoms in total. The maximum atomic E-state index is 13.9. The summed E-state index contributed by atoms with van der Waals surface area (Å²) in [4.78, 5) is 44.2. The number of nitro benzene ring substituents is 1. The van der Waals surface area contributed by atoms with Crippen molar-refractivity contribution >= 4 is 52.7 Å². The molecule has 4 aromatic rings. The molecule has 4 atom stereocenters. The highest BCUT2D eigenvalue weighted by Gasteiger charge is 2.57. The molecule has 1 aromatic heterocycles. The molecular formula is C36H32BN3O7. The molecule has 7 rings (SSSR count). The van der Waals surface area contributed by atoms with Gasteiger partial charge in [-0.2, -0.15) is 0 Å². The first-order valence-corrected chi connectivity index (χ1v) is 15.7. The standard InChI is InChI=1S/C36H32BN3O7/c1-21-17-28-34(36(43)39(35(28)42)24-7-6-8-25(19-24)40(45)46)29-20-37(44)47-32(33(21)29)15-13-23(30-11-4-5-16-38-30)18-22-12-14-31(41)27-10-3-2-9-26(22)27/h2-12,14,16,18-19,28-29,32,34,41,44H,13,15,17,20H2,1H3/b23-18-/t28-,29+,32-,34-/m1/s1. The van der Waals surface area contributed by atoms with Gasteiger partial charge in [-0.05, 0) is 90.9 Å². The molecule has 3 aromatic carbocycles. The Bertz CT molecular complexity index is 1980. The molecule has 0 spiro atoms. The highest BCUT2D eigenvalue weighted by atomic mass is 16.6. The normalized spacial score (nSPS) is 22.9. The van der Waals surface area contributed by atoms with Gasteiger partial charge in [0, 0.05) is 23.7 Å². The SMILES string of the molecule is CC1=C2[C@@H](CC/C(=C/c3ccc(O)c4ccccc34)c3ccccn3)OB(O)C[C@@H]2[C@@H]2C(=O)N(c3cccc([N+](=O)[O-])c3)C(=O)[C@@H]2C1. The predicted molar refractivity (Wildman–Crippen MR) is 178 cm³/mol. The quantitative estimate of drug-likeness (QED) is 0.0810. The van der Waals surface area contributed by atoms with E-state index in [-0.39, 0.29) is 29.4 Å². The fourth-order valence-electron chi connectivity index (χ4n) is 7.65. The maximum Gasteiger partial charge on any atom is 0.455 e. The Kier molecular flexibility index (Phi) is 7.95. The van der Waals surface area contributed by atoms with Crippen LogP contribution in [0.25, 0.3) is 22.4 Å². The number of phenols is 1. The number of nitro groups is 1. The van der Waals surface area contributed by atoms with Gasteiger partial charge in [0.05, 0.1) is 34.2 Å². The van der Waals surface area contributed by atoms with Crippen molar-refractivity contribution in [3.63, 3.8) is 0 Å². The van der Waals surface area contributed by atoms with E-state index in [0.29, 0.717) is 19.3 Å². The number of non-ortho nitro benzene ring substituents is 1. The largest absolute Gasteiger partial charge is 0.507 e. The minimum atomic E-state index is -1.13. The van der Waals surface area contributed by atoms with Gasteiger partial charge >= 0.3 is 7.12 Å². The van der Waals surface area contributed by atoms with Gasteiger partial charge < -0.3 is 14.8 Å². The Hall–Kier alpha value is -5.13. The van der Waals surface area contributed by atoms with E-state index in [2.05, 4.69) is 11.1 Å². The Balaban J connectivity index is 1.20. The number of fused-ring (bicyclic) bond motifs is 4. The molecule has 3 heterocycles. The fourth-order valence-corrected chi connectivity index (χ4v) is 7.65. The predicted octanol–water partition coefficient (Wildman–Crippen LogP) is 6.19. The van der Waals surface area contributed by atoms with Gasteiger partial charge in [0.2, 0.25) is 11.8 Å². The number of hydrogen-bond acceptors (Lipinski definition) is 8. The van der Waals surface area contributed by atoms with Gasteiger partial charge in [-0.1, -0.05) is 48.0 Å². The average Bonchev–Trinajstić information content (AvgIpc) is 3.32. The van der Waals surface area contributed by atoms with Crippen molar-refractivity contribution in [2.75, 3.05) is 4.90 Å². The number of carbonyl (C=O) groups excluding carboxylic acids is 2. The topological polar surface area (TPSA) is 143 Å². The van der Waals surface area contributed by atoms with Crippen LogP contribution in [0, 0.1) is 27.9 Å². The third kappa shape index (κ3) is 5.51. The minimum absolute atomic E-state index is 0.175. The molecule has 2 fully saturated rings. The lowest BCUT2D eigenvalue weighted by Crippen LogP contribution is -2.46. The van der Waals surface area contributed by atoms with E-state index in [1.54, 1.807) is 12.3 Å². The highest BCUT2D eigenvalue weighted by molar-refractivity contribution is 6.43. The zero-order valence-electron chi connectivity index (χ0n) is 25.7. The summed E-state index contributed by atoms with van der Waals surface area (Å²) in [6, 6.07) is 22.5. The number of allylic oxidation sites excluding steroid dienone is 2. The lowest BCUT2D eigenvalue weighted by atomic mass is 9.58. The number of hydrogen-bond donors (Lipinski definition) is 2. The number of nitrogens with zero attached hydrogens (tertiary/aromatic N) is 3. The molecule has 2 amide bonds. The first-order chi connectivity index (χ1) is 22.7. The Morgan fingerprint density at radius 3 is 2.60 bits per heavy atom. The van der Waals surface area contributed by atoms with E-state index in [4.69, 9.17) is 4.65 Å². The lowest BCUT2D eigenvalue weighted by molar-refractivity contribution is -0.384. The van der Waals surface area contributed by atoms with Crippen LogP contribution in [0.4, 0.5) is 11.4 Å². The number of phenolic OH excluding ortho intramolecular Hbond substituents is 1. The summed E-state index contributed by atoms with van der Waals surface area (Å²) in [7, 11) is -1.13. The first kappa shape index (κ1) is 30.5. The summed E-state index contributed by atoms with van der Waals surface area (Å²) < 4.78 is 6.14. The van der Waals surface area contributed by atoms with Crippen molar-refractivity contribution in [2.45, 2.75) is 38.6 Å². The summed E-state index contributed by atoms with van der Waals surface area (Å²) in [6.45, 7) is 1.96. The zero-order chi connectivity index (χ0) is 32.8. The number of benzene rings is 3. The van der Waals surface area contributed by atoms with Gasteiger partial charge in [0.1, 0.15) is 5.75 Å². The lowest BCUT2D eigenvalue weighted by Gasteiger charge is -2.42. The van der Waals surface area contributed by atoms with Crippen molar-refractivity contribution in [3.05, 3.63) is 118 Å². The molecule has 3 aliphatic rings. The highest BCUT2D eigenvalue weighted by Crippen LogP contribution is 2.51. The summed E-state index contributed by atoms with van der Waals surface area (Å²) in [6.07, 6.45) is 4.87. The van der Waals surface area contributed by atoms with Crippen molar-refractivity contribution in [1.82, 2.24) is 4.98 Å². The van der Waals surface area contributed by atoms with E-state index in [1.165, 1.54) is 24.3 Å². The van der Waals surface area contributed by atoms with Crippen molar-refractivity contribution in [3.8, 4) is 5.75 Å². The second-order valence-corrected chi connectivity index (χ2v) is 12.4. The van der Waals surface area contributed by atoms with Crippen LogP contribution >= 0.6 is 0 Å². The smallest absolute Gasteiger partial charge is 0.455 e. The van der Waals surface area contributed by atoms with Crippen LogP contribution in [0.3, 0.4) is 0 Å². The number of aromatic nitrogens is 1. The van der Waals surface area contributed by atoms with Crippen LogP contribution in [0.1, 0.15) is 37.4 Å².